The summed E-state index contributed by atoms with van der Waals surface area (Å²) in [5.74, 6) is 1.34. The summed E-state index contributed by atoms with van der Waals surface area (Å²) in [4.78, 5) is 21.9. The zero-order valence-electron chi connectivity index (χ0n) is 17.1. The lowest BCUT2D eigenvalue weighted by Gasteiger charge is -2.34. The molecule has 152 valence electrons. The van der Waals surface area contributed by atoms with Gasteiger partial charge < -0.3 is 18.8 Å². The van der Waals surface area contributed by atoms with Crippen molar-refractivity contribution < 1.29 is 14.3 Å². The number of nitrogens with zero attached hydrogens (tertiary/aromatic N) is 4. The Hall–Kier alpha value is -3.06. The second-order valence-electron chi connectivity index (χ2n) is 7.27. The highest BCUT2D eigenvalue weighted by Crippen LogP contribution is 2.30. The topological polar surface area (TPSA) is 59.3 Å². The first-order chi connectivity index (χ1) is 14.1. The molecule has 0 saturated carbocycles. The van der Waals surface area contributed by atoms with Crippen molar-refractivity contribution in [3.05, 3.63) is 59.5 Å². The number of methoxy groups -OCH3 is 2. The molecule has 7 heteroatoms. The van der Waals surface area contributed by atoms with Crippen molar-refractivity contribution in [1.82, 2.24) is 19.2 Å². The number of fused-ring (bicyclic) bond motifs is 1. The van der Waals surface area contributed by atoms with Crippen molar-refractivity contribution in [2.45, 2.75) is 13.5 Å². The predicted molar refractivity (Wildman–Crippen MR) is 111 cm³/mol. The number of ether oxygens (including phenoxy) is 2. The normalized spacial score (nSPS) is 14.9. The fourth-order valence-corrected chi connectivity index (χ4v) is 3.79. The van der Waals surface area contributed by atoms with E-state index in [1.54, 1.807) is 26.4 Å². The van der Waals surface area contributed by atoms with Gasteiger partial charge >= 0.3 is 0 Å². The molecular formula is C22H26N4O3. The average Bonchev–Trinajstić information content (AvgIpc) is 3.16. The summed E-state index contributed by atoms with van der Waals surface area (Å²) < 4.78 is 12.8. The summed E-state index contributed by atoms with van der Waals surface area (Å²) >= 11 is 0. The molecule has 0 N–H and O–H groups in total. The maximum Gasteiger partial charge on any atom is 0.254 e. The third kappa shape index (κ3) is 3.91. The van der Waals surface area contributed by atoms with Crippen molar-refractivity contribution >= 4 is 11.6 Å². The van der Waals surface area contributed by atoms with Gasteiger partial charge in [0.2, 0.25) is 0 Å². The van der Waals surface area contributed by atoms with Crippen LogP contribution < -0.4 is 9.47 Å². The molecule has 7 nitrogen and oxygen atoms in total. The van der Waals surface area contributed by atoms with Crippen LogP contribution in [0.25, 0.3) is 5.65 Å². The highest BCUT2D eigenvalue weighted by atomic mass is 16.5. The zero-order valence-corrected chi connectivity index (χ0v) is 17.1. The van der Waals surface area contributed by atoms with Gasteiger partial charge in [0.25, 0.3) is 5.91 Å². The number of hydrogen-bond acceptors (Lipinski definition) is 5. The summed E-state index contributed by atoms with van der Waals surface area (Å²) in [5, 5.41) is 0. The van der Waals surface area contributed by atoms with Crippen molar-refractivity contribution in [2.24, 2.45) is 0 Å². The molecule has 0 spiro atoms. The monoisotopic (exact) mass is 394 g/mol. The van der Waals surface area contributed by atoms with Crippen LogP contribution in [0.1, 0.15) is 21.6 Å². The number of hydrogen-bond donors (Lipinski definition) is 0. The van der Waals surface area contributed by atoms with E-state index in [2.05, 4.69) is 16.1 Å². The predicted octanol–water partition coefficient (Wildman–Crippen LogP) is 2.62. The molecule has 1 saturated heterocycles. The Morgan fingerprint density at radius 1 is 1.07 bits per heavy atom. The molecule has 4 rings (SSSR count). The van der Waals surface area contributed by atoms with E-state index in [0.29, 0.717) is 30.2 Å². The minimum absolute atomic E-state index is 0.00831. The smallest absolute Gasteiger partial charge is 0.254 e. The van der Waals surface area contributed by atoms with Crippen LogP contribution in [0.2, 0.25) is 0 Å². The van der Waals surface area contributed by atoms with Gasteiger partial charge in [-0.3, -0.25) is 9.69 Å². The van der Waals surface area contributed by atoms with Crippen LogP contribution in [0.3, 0.4) is 0 Å². The van der Waals surface area contributed by atoms with Crippen LogP contribution in [-0.2, 0) is 6.54 Å². The van der Waals surface area contributed by atoms with Gasteiger partial charge in [-0.25, -0.2) is 4.98 Å². The lowest BCUT2D eigenvalue weighted by Crippen LogP contribution is -2.48. The first kappa shape index (κ1) is 19.3. The molecular weight excluding hydrogens is 368 g/mol. The molecule has 1 amide bonds. The largest absolute Gasteiger partial charge is 0.496 e. The SMILES string of the molecule is COc1cc(C(=O)N2CCN(Cc3cn4ccccc4n3)CC2)cc(OC)c1C. The van der Waals surface area contributed by atoms with Crippen molar-refractivity contribution in [1.29, 1.82) is 0 Å². The van der Waals surface area contributed by atoms with Crippen LogP contribution in [-0.4, -0.2) is 65.5 Å². The third-order valence-electron chi connectivity index (χ3n) is 5.46. The second kappa shape index (κ2) is 8.13. The summed E-state index contributed by atoms with van der Waals surface area (Å²) in [5.41, 5.74) is 3.49. The molecule has 2 aromatic heterocycles. The maximum absolute atomic E-state index is 13.0. The Bertz CT molecular complexity index is 964. The standard InChI is InChI=1S/C22H26N4O3/c1-16-19(28-2)12-17(13-20(16)29-3)22(27)25-10-8-24(9-11-25)14-18-15-26-7-5-4-6-21(26)23-18/h4-7,12-13,15H,8-11,14H2,1-3H3. The van der Waals surface area contributed by atoms with Gasteiger partial charge in [0.1, 0.15) is 17.1 Å². The van der Waals surface area contributed by atoms with E-state index < -0.39 is 0 Å². The highest BCUT2D eigenvalue weighted by Gasteiger charge is 2.24. The number of carbonyl (C=O) groups excluding carboxylic acids is 1. The van der Waals surface area contributed by atoms with Crippen molar-refractivity contribution in [2.75, 3.05) is 40.4 Å². The van der Waals surface area contributed by atoms with Gasteiger partial charge in [-0.15, -0.1) is 0 Å². The van der Waals surface area contributed by atoms with E-state index in [4.69, 9.17) is 9.47 Å². The van der Waals surface area contributed by atoms with E-state index in [9.17, 15) is 4.79 Å². The number of imidazole rings is 1. The van der Waals surface area contributed by atoms with Crippen molar-refractivity contribution in [3.8, 4) is 11.5 Å². The first-order valence-corrected chi connectivity index (χ1v) is 9.76. The second-order valence-corrected chi connectivity index (χ2v) is 7.27. The molecule has 0 radical (unpaired) electrons. The van der Waals surface area contributed by atoms with Crippen molar-refractivity contribution in [3.63, 3.8) is 0 Å². The van der Waals surface area contributed by atoms with Crippen LogP contribution in [0, 0.1) is 6.92 Å². The Morgan fingerprint density at radius 3 is 2.38 bits per heavy atom. The number of amides is 1. The molecule has 29 heavy (non-hydrogen) atoms. The van der Waals surface area contributed by atoms with E-state index in [1.807, 2.05) is 40.6 Å². The minimum Gasteiger partial charge on any atom is -0.496 e. The van der Waals surface area contributed by atoms with Crippen LogP contribution in [0.15, 0.2) is 42.7 Å². The summed E-state index contributed by atoms with van der Waals surface area (Å²) in [6, 6.07) is 9.58. The van der Waals surface area contributed by atoms with Gasteiger partial charge in [-0.2, -0.15) is 0 Å². The maximum atomic E-state index is 13.0. The summed E-state index contributed by atoms with van der Waals surface area (Å²) in [6.07, 6.45) is 4.07. The van der Waals surface area contributed by atoms with E-state index >= 15 is 0 Å². The Morgan fingerprint density at radius 2 is 1.76 bits per heavy atom. The van der Waals surface area contributed by atoms with E-state index in [1.165, 1.54) is 0 Å². The molecule has 1 aliphatic heterocycles. The third-order valence-corrected chi connectivity index (χ3v) is 5.46. The molecule has 1 fully saturated rings. The Labute approximate surface area is 170 Å². The number of pyridine rings is 1. The molecule has 0 aliphatic carbocycles. The van der Waals surface area contributed by atoms with Gasteiger partial charge in [-0.1, -0.05) is 6.07 Å². The fraction of sp³-hybridized carbons (Fsp3) is 0.364. The Kier molecular flexibility index (Phi) is 5.40. The van der Waals surface area contributed by atoms with Gasteiger partial charge in [0.15, 0.2) is 0 Å². The lowest BCUT2D eigenvalue weighted by atomic mass is 10.1. The number of carbonyl (C=O) groups is 1. The van der Waals surface area contributed by atoms with E-state index in [-0.39, 0.29) is 5.91 Å². The Balaban J connectivity index is 1.40. The number of rotatable bonds is 5. The van der Waals surface area contributed by atoms with Gasteiger partial charge in [0.05, 0.1) is 19.9 Å². The van der Waals surface area contributed by atoms with E-state index in [0.717, 1.165) is 36.5 Å². The summed E-state index contributed by atoms with van der Waals surface area (Å²) in [6.45, 7) is 5.72. The lowest BCUT2D eigenvalue weighted by molar-refractivity contribution is 0.0626. The highest BCUT2D eigenvalue weighted by molar-refractivity contribution is 5.95. The molecule has 0 unspecified atom stereocenters. The van der Waals surface area contributed by atoms with Crippen LogP contribution >= 0.6 is 0 Å². The minimum atomic E-state index is 0.00831. The average molecular weight is 394 g/mol. The molecule has 1 aliphatic rings. The summed E-state index contributed by atoms with van der Waals surface area (Å²) in [7, 11) is 3.21. The molecule has 0 bridgehead atoms. The number of aromatic nitrogens is 2. The van der Waals surface area contributed by atoms with Gasteiger partial charge in [-0.05, 0) is 31.2 Å². The molecule has 0 atom stereocenters. The van der Waals surface area contributed by atoms with Crippen LogP contribution in [0.5, 0.6) is 11.5 Å². The van der Waals surface area contributed by atoms with Gasteiger partial charge in [0, 0.05) is 56.2 Å². The quantitative estimate of drug-likeness (QED) is 0.666. The molecule has 3 aromatic rings. The fourth-order valence-electron chi connectivity index (χ4n) is 3.79. The molecule has 1 aromatic carbocycles. The molecule has 3 heterocycles. The first-order valence-electron chi connectivity index (χ1n) is 9.76. The number of piperazine rings is 1. The van der Waals surface area contributed by atoms with Crippen LogP contribution in [0.4, 0.5) is 0 Å². The zero-order chi connectivity index (χ0) is 20.4. The number of benzene rings is 1.